The normalized spacial score (nSPS) is 12.5. The Bertz CT molecular complexity index is 601. The highest BCUT2D eigenvalue weighted by molar-refractivity contribution is 14.1. The summed E-state index contributed by atoms with van der Waals surface area (Å²) in [6.45, 7) is 1.96. The molecule has 2 aromatic rings. The number of hydrogen-bond donors (Lipinski definition) is 1. The van der Waals surface area contributed by atoms with Crippen molar-refractivity contribution in [1.82, 2.24) is 0 Å². The molecule has 0 aromatic heterocycles. The van der Waals surface area contributed by atoms with E-state index in [1.54, 1.807) is 12.1 Å². The van der Waals surface area contributed by atoms with E-state index < -0.39 is 0 Å². The summed E-state index contributed by atoms with van der Waals surface area (Å²) in [7, 11) is 0. The van der Waals surface area contributed by atoms with E-state index >= 15 is 0 Å². The quantitative estimate of drug-likeness (QED) is 0.761. The van der Waals surface area contributed by atoms with Gasteiger partial charge in [-0.15, -0.1) is 0 Å². The van der Waals surface area contributed by atoms with Crippen molar-refractivity contribution in [1.29, 1.82) is 0 Å². The SMILES string of the molecule is Cc1ccc(F)cc1CC(N)c1ccc(I)c(Cl)c1. The molecule has 0 amide bonds. The summed E-state index contributed by atoms with van der Waals surface area (Å²) in [4.78, 5) is 0. The molecule has 19 heavy (non-hydrogen) atoms. The van der Waals surface area contributed by atoms with Gasteiger partial charge in [-0.2, -0.15) is 0 Å². The fourth-order valence-electron chi connectivity index (χ4n) is 1.96. The summed E-state index contributed by atoms with van der Waals surface area (Å²) in [5.41, 5.74) is 9.13. The van der Waals surface area contributed by atoms with Crippen LogP contribution in [0.2, 0.25) is 5.02 Å². The monoisotopic (exact) mass is 389 g/mol. The van der Waals surface area contributed by atoms with Crippen LogP contribution in [0.25, 0.3) is 0 Å². The van der Waals surface area contributed by atoms with E-state index in [-0.39, 0.29) is 11.9 Å². The maximum Gasteiger partial charge on any atom is 0.123 e. The Morgan fingerprint density at radius 3 is 2.68 bits per heavy atom. The minimum atomic E-state index is -0.228. The average Bonchev–Trinajstić information content (AvgIpc) is 2.37. The zero-order valence-corrected chi connectivity index (χ0v) is 13.4. The van der Waals surface area contributed by atoms with E-state index in [9.17, 15) is 4.39 Å². The molecule has 4 heteroatoms. The van der Waals surface area contributed by atoms with E-state index in [0.29, 0.717) is 11.4 Å². The lowest BCUT2D eigenvalue weighted by atomic mass is 9.97. The molecule has 2 N–H and O–H groups in total. The molecule has 2 rings (SSSR count). The van der Waals surface area contributed by atoms with Crippen LogP contribution in [0.1, 0.15) is 22.7 Å². The van der Waals surface area contributed by atoms with Crippen LogP contribution in [0.15, 0.2) is 36.4 Å². The van der Waals surface area contributed by atoms with Gasteiger partial charge in [0.05, 0.1) is 5.02 Å². The van der Waals surface area contributed by atoms with E-state index in [2.05, 4.69) is 22.6 Å². The first-order valence-electron chi connectivity index (χ1n) is 5.93. The topological polar surface area (TPSA) is 26.0 Å². The van der Waals surface area contributed by atoms with Crippen LogP contribution in [0.5, 0.6) is 0 Å². The second-order valence-electron chi connectivity index (χ2n) is 4.55. The van der Waals surface area contributed by atoms with Crippen molar-refractivity contribution in [3.8, 4) is 0 Å². The van der Waals surface area contributed by atoms with Gasteiger partial charge in [0, 0.05) is 9.61 Å². The molecular weight excluding hydrogens is 376 g/mol. The van der Waals surface area contributed by atoms with Gasteiger partial charge in [0.2, 0.25) is 0 Å². The highest BCUT2D eigenvalue weighted by atomic mass is 127. The summed E-state index contributed by atoms with van der Waals surface area (Å²) in [5, 5.41) is 0.699. The summed E-state index contributed by atoms with van der Waals surface area (Å²) in [6.07, 6.45) is 0.598. The molecule has 1 nitrogen and oxygen atoms in total. The zero-order chi connectivity index (χ0) is 14.0. The summed E-state index contributed by atoms with van der Waals surface area (Å²) in [5.74, 6) is -0.228. The molecule has 0 saturated carbocycles. The standard InChI is InChI=1S/C15H14ClFIN/c1-9-2-4-12(17)6-11(9)8-15(19)10-3-5-14(18)13(16)7-10/h2-7,15H,8,19H2,1H3. The molecule has 2 aromatic carbocycles. The van der Waals surface area contributed by atoms with E-state index in [4.69, 9.17) is 17.3 Å². The molecule has 100 valence electrons. The van der Waals surface area contributed by atoms with Crippen molar-refractivity contribution in [3.05, 3.63) is 67.5 Å². The minimum absolute atomic E-state index is 0.185. The zero-order valence-electron chi connectivity index (χ0n) is 10.5. The van der Waals surface area contributed by atoms with Crippen molar-refractivity contribution in [3.63, 3.8) is 0 Å². The van der Waals surface area contributed by atoms with Gasteiger partial charge < -0.3 is 5.73 Å². The van der Waals surface area contributed by atoms with Crippen molar-refractivity contribution >= 4 is 34.2 Å². The molecule has 1 unspecified atom stereocenters. The van der Waals surface area contributed by atoms with Crippen molar-refractivity contribution in [2.45, 2.75) is 19.4 Å². The highest BCUT2D eigenvalue weighted by Gasteiger charge is 2.11. The summed E-state index contributed by atoms with van der Waals surface area (Å²) in [6, 6.07) is 10.4. The van der Waals surface area contributed by atoms with Gasteiger partial charge >= 0.3 is 0 Å². The van der Waals surface area contributed by atoms with Gasteiger partial charge in [-0.3, -0.25) is 0 Å². The Labute approximate surface area is 131 Å². The number of aryl methyl sites for hydroxylation is 1. The Kier molecular flexibility index (Phi) is 4.81. The summed E-state index contributed by atoms with van der Waals surface area (Å²) < 4.78 is 14.3. The number of halogens is 3. The summed E-state index contributed by atoms with van der Waals surface area (Å²) >= 11 is 8.27. The molecular formula is C15H14ClFIN. The number of hydrogen-bond acceptors (Lipinski definition) is 1. The van der Waals surface area contributed by atoms with Crippen LogP contribution < -0.4 is 5.73 Å². The number of rotatable bonds is 3. The van der Waals surface area contributed by atoms with Gasteiger partial charge in [0.1, 0.15) is 5.82 Å². The van der Waals surface area contributed by atoms with Crippen molar-refractivity contribution in [2.75, 3.05) is 0 Å². The third-order valence-electron chi connectivity index (χ3n) is 3.12. The average molecular weight is 390 g/mol. The first-order chi connectivity index (χ1) is 8.97. The fraction of sp³-hybridized carbons (Fsp3) is 0.200. The lowest BCUT2D eigenvalue weighted by Crippen LogP contribution is -2.14. The highest BCUT2D eigenvalue weighted by Crippen LogP contribution is 2.25. The third kappa shape index (κ3) is 3.68. The maximum absolute atomic E-state index is 13.3. The third-order valence-corrected chi connectivity index (χ3v) is 4.70. The number of nitrogens with two attached hydrogens (primary N) is 1. The van der Waals surface area contributed by atoms with Crippen LogP contribution in [0.4, 0.5) is 4.39 Å². The van der Waals surface area contributed by atoms with E-state index in [0.717, 1.165) is 20.3 Å². The van der Waals surface area contributed by atoms with Gasteiger partial charge in [-0.05, 0) is 76.9 Å². The van der Waals surface area contributed by atoms with Crippen LogP contribution in [-0.2, 0) is 6.42 Å². The Morgan fingerprint density at radius 2 is 2.00 bits per heavy atom. The van der Waals surface area contributed by atoms with Gasteiger partial charge in [-0.25, -0.2) is 4.39 Å². The Morgan fingerprint density at radius 1 is 1.26 bits per heavy atom. The second kappa shape index (κ2) is 6.20. The van der Waals surface area contributed by atoms with E-state index in [1.165, 1.54) is 6.07 Å². The fourth-order valence-corrected chi connectivity index (χ4v) is 2.48. The van der Waals surface area contributed by atoms with Crippen molar-refractivity contribution in [2.24, 2.45) is 5.73 Å². The lowest BCUT2D eigenvalue weighted by Gasteiger charge is -2.14. The molecule has 1 atom stereocenters. The molecule has 0 bridgehead atoms. The van der Waals surface area contributed by atoms with Gasteiger partial charge in [-0.1, -0.05) is 23.7 Å². The van der Waals surface area contributed by atoms with Gasteiger partial charge in [0.25, 0.3) is 0 Å². The largest absolute Gasteiger partial charge is 0.324 e. The molecule has 0 aliphatic rings. The minimum Gasteiger partial charge on any atom is -0.324 e. The molecule has 0 radical (unpaired) electrons. The lowest BCUT2D eigenvalue weighted by molar-refractivity contribution is 0.621. The molecule has 0 saturated heterocycles. The Balaban J connectivity index is 2.22. The van der Waals surface area contributed by atoms with Crippen LogP contribution in [0.3, 0.4) is 0 Å². The predicted molar refractivity (Wildman–Crippen MR) is 85.9 cm³/mol. The van der Waals surface area contributed by atoms with Gasteiger partial charge in [0.15, 0.2) is 0 Å². The maximum atomic E-state index is 13.3. The molecule has 0 spiro atoms. The first-order valence-corrected chi connectivity index (χ1v) is 7.38. The molecule has 0 aliphatic heterocycles. The predicted octanol–water partition coefficient (Wildman–Crippen LogP) is 4.63. The molecule has 0 aliphatic carbocycles. The molecule has 0 fully saturated rings. The smallest absolute Gasteiger partial charge is 0.123 e. The van der Waals surface area contributed by atoms with Crippen LogP contribution >= 0.6 is 34.2 Å². The Hall–Kier alpha value is -0.650. The second-order valence-corrected chi connectivity index (χ2v) is 6.12. The number of benzene rings is 2. The van der Waals surface area contributed by atoms with Crippen molar-refractivity contribution < 1.29 is 4.39 Å². The first kappa shape index (κ1) is 14.8. The van der Waals surface area contributed by atoms with Crippen LogP contribution in [0, 0.1) is 16.3 Å². The van der Waals surface area contributed by atoms with Crippen LogP contribution in [-0.4, -0.2) is 0 Å². The van der Waals surface area contributed by atoms with E-state index in [1.807, 2.05) is 25.1 Å². The molecule has 0 heterocycles.